The Morgan fingerprint density at radius 1 is 1.10 bits per heavy atom. The van der Waals surface area contributed by atoms with Crippen molar-refractivity contribution in [1.82, 2.24) is 0 Å². The number of fused-ring (bicyclic) bond motifs is 1. The number of cyclic esters (lactones) is 1. The number of aliphatic hydroxyl groups excluding tert-OH is 3. The van der Waals surface area contributed by atoms with E-state index in [0.29, 0.717) is 45.6 Å². The Bertz CT molecular complexity index is 1020. The Hall–Kier alpha value is -2.87. The zero-order valence-electron chi connectivity index (χ0n) is 15.9. The van der Waals surface area contributed by atoms with E-state index in [1.165, 1.54) is 13.2 Å². The summed E-state index contributed by atoms with van der Waals surface area (Å²) in [5.74, 6) is -0.750. The molecule has 0 amide bonds. The molecule has 1 atom stereocenters. The van der Waals surface area contributed by atoms with Crippen LogP contribution in [-0.4, -0.2) is 40.1 Å². The van der Waals surface area contributed by atoms with E-state index in [0.717, 1.165) is 11.1 Å². The Morgan fingerprint density at radius 3 is 2.48 bits per heavy atom. The van der Waals surface area contributed by atoms with Gasteiger partial charge >= 0.3 is 5.97 Å². The molecule has 1 heterocycles. The maximum atomic E-state index is 12.6. The SMILES string of the molecule is COc1ccc(C2C3=C(COC3=O)Cc3cc(CO)c(CO)c(CO)c32)cc1O. The first kappa shape index (κ1) is 19.4. The Morgan fingerprint density at radius 2 is 1.86 bits per heavy atom. The molecule has 7 heteroatoms. The smallest absolute Gasteiger partial charge is 0.335 e. The number of carbonyl (C=O) groups excluding carboxylic acids is 1. The third-order valence-corrected chi connectivity index (χ3v) is 5.75. The van der Waals surface area contributed by atoms with Gasteiger partial charge in [-0.15, -0.1) is 0 Å². The number of aliphatic hydroxyl groups is 3. The minimum atomic E-state index is -0.569. The fourth-order valence-corrected chi connectivity index (χ4v) is 4.46. The van der Waals surface area contributed by atoms with E-state index in [1.807, 2.05) is 6.07 Å². The Balaban J connectivity index is 2.01. The van der Waals surface area contributed by atoms with Crippen molar-refractivity contribution in [3.8, 4) is 11.5 Å². The highest BCUT2D eigenvalue weighted by molar-refractivity contribution is 5.95. The number of benzene rings is 2. The van der Waals surface area contributed by atoms with Gasteiger partial charge in [0.2, 0.25) is 0 Å². The van der Waals surface area contributed by atoms with E-state index in [-0.39, 0.29) is 32.2 Å². The van der Waals surface area contributed by atoms with Crippen molar-refractivity contribution in [3.05, 3.63) is 68.8 Å². The number of hydrogen-bond acceptors (Lipinski definition) is 7. The van der Waals surface area contributed by atoms with Crippen LogP contribution in [0.25, 0.3) is 0 Å². The van der Waals surface area contributed by atoms with Crippen molar-refractivity contribution in [3.63, 3.8) is 0 Å². The number of phenols is 1. The Labute approximate surface area is 167 Å². The van der Waals surface area contributed by atoms with E-state index < -0.39 is 11.9 Å². The summed E-state index contributed by atoms with van der Waals surface area (Å²) in [6.07, 6.45) is 0.459. The molecule has 152 valence electrons. The molecule has 0 spiro atoms. The van der Waals surface area contributed by atoms with Gasteiger partial charge in [-0.3, -0.25) is 0 Å². The molecule has 0 saturated heterocycles. The van der Waals surface area contributed by atoms with E-state index in [1.54, 1.807) is 12.1 Å². The van der Waals surface area contributed by atoms with Gasteiger partial charge in [0.1, 0.15) is 6.61 Å². The topological polar surface area (TPSA) is 116 Å². The summed E-state index contributed by atoms with van der Waals surface area (Å²) in [5, 5.41) is 40.1. The monoisotopic (exact) mass is 398 g/mol. The zero-order valence-corrected chi connectivity index (χ0v) is 15.9. The highest BCUT2D eigenvalue weighted by Crippen LogP contribution is 2.47. The normalized spacial score (nSPS) is 17.8. The standard InChI is InChI=1S/C22H22O7/c1-28-18-3-2-11(6-17(18)26)20-19-12(5-14-10-29-22(27)21(14)20)4-13(7-23)15(8-24)16(19)9-25/h2-4,6,20,23-26H,5,7-10H2,1H3. The van der Waals surface area contributed by atoms with E-state index >= 15 is 0 Å². The van der Waals surface area contributed by atoms with Crippen LogP contribution in [0.1, 0.15) is 39.3 Å². The number of methoxy groups -OCH3 is 1. The first-order valence-electron chi connectivity index (χ1n) is 9.28. The number of aromatic hydroxyl groups is 1. The molecule has 2 aliphatic rings. The molecule has 1 aliphatic carbocycles. The van der Waals surface area contributed by atoms with Gasteiger partial charge in [-0.05, 0) is 57.5 Å². The van der Waals surface area contributed by atoms with Crippen LogP contribution in [0, 0.1) is 0 Å². The maximum absolute atomic E-state index is 12.6. The van der Waals surface area contributed by atoms with E-state index in [9.17, 15) is 25.2 Å². The summed E-state index contributed by atoms with van der Waals surface area (Å²) < 4.78 is 10.4. The average Bonchev–Trinajstić information content (AvgIpc) is 3.10. The summed E-state index contributed by atoms with van der Waals surface area (Å²) in [5.41, 5.74) is 5.02. The summed E-state index contributed by atoms with van der Waals surface area (Å²) in [4.78, 5) is 12.6. The average molecular weight is 398 g/mol. The van der Waals surface area contributed by atoms with Crippen LogP contribution in [0.3, 0.4) is 0 Å². The molecule has 0 fully saturated rings. The van der Waals surface area contributed by atoms with Crippen molar-refractivity contribution in [2.24, 2.45) is 0 Å². The van der Waals surface area contributed by atoms with Gasteiger partial charge in [0.05, 0.1) is 32.5 Å². The van der Waals surface area contributed by atoms with Crippen LogP contribution in [0.5, 0.6) is 11.5 Å². The maximum Gasteiger partial charge on any atom is 0.335 e. The van der Waals surface area contributed by atoms with Crippen LogP contribution in [0.4, 0.5) is 0 Å². The molecule has 0 aromatic heterocycles. The number of ether oxygens (including phenoxy) is 2. The molecule has 0 radical (unpaired) electrons. The first-order valence-corrected chi connectivity index (χ1v) is 9.28. The molecule has 2 aromatic rings. The van der Waals surface area contributed by atoms with Crippen LogP contribution < -0.4 is 4.74 Å². The number of phenolic OH excluding ortho intramolecular Hbond substituents is 1. The Kier molecular flexibility index (Phi) is 5.04. The van der Waals surface area contributed by atoms with Crippen molar-refractivity contribution >= 4 is 5.97 Å². The highest BCUT2D eigenvalue weighted by Gasteiger charge is 2.40. The highest BCUT2D eigenvalue weighted by atomic mass is 16.5. The summed E-state index contributed by atoms with van der Waals surface area (Å²) in [7, 11) is 1.45. The molecular formula is C22H22O7. The van der Waals surface area contributed by atoms with Crippen LogP contribution >= 0.6 is 0 Å². The second-order valence-electron chi connectivity index (χ2n) is 7.17. The van der Waals surface area contributed by atoms with Crippen LogP contribution in [-0.2, 0) is 35.8 Å². The second kappa shape index (κ2) is 7.51. The predicted molar refractivity (Wildman–Crippen MR) is 102 cm³/mol. The lowest BCUT2D eigenvalue weighted by Crippen LogP contribution is -2.22. The molecule has 0 bridgehead atoms. The van der Waals surface area contributed by atoms with Crippen LogP contribution in [0.2, 0.25) is 0 Å². The molecule has 1 unspecified atom stereocenters. The number of carbonyl (C=O) groups is 1. The fourth-order valence-electron chi connectivity index (χ4n) is 4.46. The third-order valence-electron chi connectivity index (χ3n) is 5.75. The second-order valence-corrected chi connectivity index (χ2v) is 7.17. The van der Waals surface area contributed by atoms with Gasteiger partial charge in [-0.1, -0.05) is 12.1 Å². The molecule has 4 N–H and O–H groups in total. The quantitative estimate of drug-likeness (QED) is 0.563. The first-order chi connectivity index (χ1) is 14.0. The van der Waals surface area contributed by atoms with Crippen molar-refractivity contribution < 1.29 is 34.7 Å². The van der Waals surface area contributed by atoms with Gasteiger partial charge in [0, 0.05) is 5.92 Å². The number of esters is 1. The van der Waals surface area contributed by atoms with Crippen molar-refractivity contribution in [2.75, 3.05) is 13.7 Å². The third kappa shape index (κ3) is 2.98. The fraction of sp³-hybridized carbons (Fsp3) is 0.318. The van der Waals surface area contributed by atoms with E-state index in [4.69, 9.17) is 9.47 Å². The van der Waals surface area contributed by atoms with Crippen molar-refractivity contribution in [2.45, 2.75) is 32.2 Å². The van der Waals surface area contributed by atoms with Gasteiger partial charge in [-0.2, -0.15) is 0 Å². The minimum Gasteiger partial charge on any atom is -0.504 e. The molecule has 1 aliphatic heterocycles. The van der Waals surface area contributed by atoms with Gasteiger partial charge in [0.25, 0.3) is 0 Å². The summed E-state index contributed by atoms with van der Waals surface area (Å²) in [6.45, 7) is -0.791. The lowest BCUT2D eigenvalue weighted by atomic mass is 9.72. The minimum absolute atomic E-state index is 0.0643. The molecular weight excluding hydrogens is 376 g/mol. The largest absolute Gasteiger partial charge is 0.504 e. The molecule has 0 saturated carbocycles. The summed E-state index contributed by atoms with van der Waals surface area (Å²) in [6, 6.07) is 6.72. The number of rotatable bonds is 5. The predicted octanol–water partition coefficient (Wildman–Crippen LogP) is 1.42. The molecule has 2 aromatic carbocycles. The lowest BCUT2D eigenvalue weighted by molar-refractivity contribution is -0.136. The lowest BCUT2D eigenvalue weighted by Gasteiger charge is -2.31. The summed E-state index contributed by atoms with van der Waals surface area (Å²) >= 11 is 0. The van der Waals surface area contributed by atoms with Gasteiger partial charge in [0.15, 0.2) is 11.5 Å². The molecule has 4 rings (SSSR count). The number of hydrogen-bond donors (Lipinski definition) is 4. The van der Waals surface area contributed by atoms with E-state index in [2.05, 4.69) is 0 Å². The van der Waals surface area contributed by atoms with Gasteiger partial charge < -0.3 is 29.9 Å². The molecule has 29 heavy (non-hydrogen) atoms. The molecule has 7 nitrogen and oxygen atoms in total. The van der Waals surface area contributed by atoms with Gasteiger partial charge in [-0.25, -0.2) is 4.79 Å². The van der Waals surface area contributed by atoms with Crippen LogP contribution in [0.15, 0.2) is 35.4 Å². The van der Waals surface area contributed by atoms with Crippen molar-refractivity contribution in [1.29, 1.82) is 0 Å². The zero-order chi connectivity index (χ0) is 20.7.